The Labute approximate surface area is 323 Å². The van der Waals surface area contributed by atoms with Crippen LogP contribution in [0.1, 0.15) is 76.1 Å². The number of para-hydroxylation sites is 1. The zero-order chi connectivity index (χ0) is 36.1. The summed E-state index contributed by atoms with van der Waals surface area (Å²) in [5.74, 6) is 1.01. The van der Waals surface area contributed by atoms with Gasteiger partial charge in [0.2, 0.25) is 0 Å². The molecule has 0 aromatic heterocycles. The Bertz CT molecular complexity index is 2760. The van der Waals surface area contributed by atoms with Crippen molar-refractivity contribution in [3.8, 4) is 11.1 Å². The molecular weight excluding hydrogens is 663 g/mol. The maximum atomic E-state index is 2.64. The van der Waals surface area contributed by atoms with Gasteiger partial charge in [0, 0.05) is 22.2 Å². The summed E-state index contributed by atoms with van der Waals surface area (Å²) in [6.07, 6.45) is 5.05. The quantitative estimate of drug-likeness (QED) is 0.177. The van der Waals surface area contributed by atoms with Gasteiger partial charge in [-0.25, -0.2) is 0 Å². The fraction of sp³-hybridized carbons (Fsp3) is 0.148. The number of fused-ring (bicyclic) bond motifs is 17. The molecule has 0 heterocycles. The topological polar surface area (TPSA) is 3.24 Å². The van der Waals surface area contributed by atoms with Crippen LogP contribution in [-0.2, 0) is 10.8 Å². The average Bonchev–Trinajstić information content (AvgIpc) is 3.72. The standard InChI is InChI=1S/C54H41N/c1-2-19-37(20-3-1)55(52-32-16-18-36-17-4-5-21-39(36)52)38-33-34-50-51(35-38)54(46-28-12-8-24-42(46)43-25-9-13-29-47(43)54)49-31-15-14-30-48(49)53(50)44-26-10-6-22-40(44)41-23-7-11-27-45(41)53/h1-8,10-12,14-24,26-28,30-35,43,47H,9,13,25,29H2/t43-,47?,54?/m1/s1. The third-order valence-corrected chi connectivity index (χ3v) is 13.9. The normalized spacial score (nSPS) is 20.7. The molecule has 1 fully saturated rings. The second-order valence-corrected chi connectivity index (χ2v) is 16.2. The smallest absolute Gasteiger partial charge is 0.0719 e. The first-order valence-electron chi connectivity index (χ1n) is 20.2. The Morgan fingerprint density at radius 2 is 1.02 bits per heavy atom. The third kappa shape index (κ3) is 3.98. The van der Waals surface area contributed by atoms with E-state index >= 15 is 0 Å². The molecular formula is C54H41N. The third-order valence-electron chi connectivity index (χ3n) is 13.9. The first-order valence-corrected chi connectivity index (χ1v) is 20.2. The van der Waals surface area contributed by atoms with E-state index in [9.17, 15) is 0 Å². The predicted molar refractivity (Wildman–Crippen MR) is 227 cm³/mol. The first kappa shape index (κ1) is 31.2. The lowest BCUT2D eigenvalue weighted by Gasteiger charge is -2.52. The van der Waals surface area contributed by atoms with Crippen molar-refractivity contribution in [2.45, 2.75) is 42.4 Å². The lowest BCUT2D eigenvalue weighted by Crippen LogP contribution is -2.47. The molecule has 0 amide bonds. The van der Waals surface area contributed by atoms with Gasteiger partial charge in [0.15, 0.2) is 0 Å². The number of rotatable bonds is 3. The van der Waals surface area contributed by atoms with Gasteiger partial charge < -0.3 is 4.90 Å². The maximum absolute atomic E-state index is 2.64. The van der Waals surface area contributed by atoms with Crippen LogP contribution in [0.3, 0.4) is 0 Å². The van der Waals surface area contributed by atoms with E-state index in [0.29, 0.717) is 11.8 Å². The van der Waals surface area contributed by atoms with E-state index in [0.717, 1.165) is 5.69 Å². The van der Waals surface area contributed by atoms with Gasteiger partial charge in [0.05, 0.1) is 11.1 Å². The molecule has 4 aliphatic carbocycles. The Hall–Kier alpha value is -6.18. The van der Waals surface area contributed by atoms with Crippen molar-refractivity contribution >= 4 is 27.8 Å². The summed E-state index contributed by atoms with van der Waals surface area (Å²) in [5.41, 5.74) is 17.2. The molecule has 8 aromatic carbocycles. The summed E-state index contributed by atoms with van der Waals surface area (Å²) in [7, 11) is 0. The summed E-state index contributed by atoms with van der Waals surface area (Å²) in [6.45, 7) is 0. The van der Waals surface area contributed by atoms with Gasteiger partial charge in [0.1, 0.15) is 0 Å². The van der Waals surface area contributed by atoms with E-state index in [-0.39, 0.29) is 5.41 Å². The van der Waals surface area contributed by atoms with Crippen molar-refractivity contribution in [1.29, 1.82) is 0 Å². The van der Waals surface area contributed by atoms with Crippen LogP contribution in [0.5, 0.6) is 0 Å². The van der Waals surface area contributed by atoms with Crippen LogP contribution in [0, 0.1) is 5.92 Å². The van der Waals surface area contributed by atoms with Crippen LogP contribution in [0.2, 0.25) is 0 Å². The van der Waals surface area contributed by atoms with E-state index in [1.807, 2.05) is 0 Å². The van der Waals surface area contributed by atoms with Gasteiger partial charge in [-0.3, -0.25) is 0 Å². The highest BCUT2D eigenvalue weighted by Gasteiger charge is 2.62. The van der Waals surface area contributed by atoms with Crippen molar-refractivity contribution in [3.05, 3.63) is 233 Å². The second-order valence-electron chi connectivity index (χ2n) is 16.2. The molecule has 12 rings (SSSR count). The number of hydrogen-bond donors (Lipinski definition) is 0. The van der Waals surface area contributed by atoms with Crippen molar-refractivity contribution in [1.82, 2.24) is 0 Å². The lowest BCUT2D eigenvalue weighted by atomic mass is 9.50. The number of benzene rings is 8. The molecule has 1 nitrogen and oxygen atoms in total. The predicted octanol–water partition coefficient (Wildman–Crippen LogP) is 13.6. The average molecular weight is 704 g/mol. The van der Waals surface area contributed by atoms with Crippen molar-refractivity contribution in [2.75, 3.05) is 4.90 Å². The molecule has 2 unspecified atom stereocenters. The van der Waals surface area contributed by atoms with Crippen molar-refractivity contribution in [2.24, 2.45) is 5.92 Å². The zero-order valence-electron chi connectivity index (χ0n) is 30.8. The minimum Gasteiger partial charge on any atom is -0.310 e. The van der Waals surface area contributed by atoms with Crippen LogP contribution in [0.25, 0.3) is 21.9 Å². The molecule has 1 heteroatoms. The van der Waals surface area contributed by atoms with Crippen LogP contribution in [0.4, 0.5) is 17.1 Å². The minimum absolute atomic E-state index is 0.289. The van der Waals surface area contributed by atoms with Crippen molar-refractivity contribution in [3.63, 3.8) is 0 Å². The summed E-state index contributed by atoms with van der Waals surface area (Å²) in [4.78, 5) is 2.51. The van der Waals surface area contributed by atoms with Crippen LogP contribution in [0.15, 0.2) is 188 Å². The Kier molecular flexibility index (Phi) is 6.61. The largest absolute Gasteiger partial charge is 0.310 e. The SMILES string of the molecule is c1ccc(N(c2ccc3c(c2)C2(c4ccccc4[C@H]4CCCCC42)c2ccccc2C32c3ccccc3-c3ccccc32)c2cccc3ccccc23)cc1. The van der Waals surface area contributed by atoms with Gasteiger partial charge in [-0.05, 0) is 116 Å². The Balaban J connectivity index is 1.24. The molecule has 0 saturated heterocycles. The van der Waals surface area contributed by atoms with Crippen molar-refractivity contribution < 1.29 is 0 Å². The van der Waals surface area contributed by atoms with Gasteiger partial charge in [-0.2, -0.15) is 0 Å². The molecule has 8 aromatic rings. The second kappa shape index (κ2) is 11.7. The molecule has 4 aliphatic rings. The molecule has 2 spiro atoms. The van der Waals surface area contributed by atoms with E-state index in [1.165, 1.54) is 97.9 Å². The lowest BCUT2D eigenvalue weighted by molar-refractivity contribution is 0.256. The molecule has 3 atom stereocenters. The zero-order valence-corrected chi connectivity index (χ0v) is 30.8. The van der Waals surface area contributed by atoms with Crippen LogP contribution < -0.4 is 4.90 Å². The molecule has 0 bridgehead atoms. The number of hydrogen-bond acceptors (Lipinski definition) is 1. The van der Waals surface area contributed by atoms with E-state index in [4.69, 9.17) is 0 Å². The van der Waals surface area contributed by atoms with E-state index in [1.54, 1.807) is 5.56 Å². The number of nitrogens with zero attached hydrogens (tertiary/aromatic N) is 1. The Morgan fingerprint density at radius 3 is 1.82 bits per heavy atom. The maximum Gasteiger partial charge on any atom is 0.0719 e. The van der Waals surface area contributed by atoms with Gasteiger partial charge >= 0.3 is 0 Å². The summed E-state index contributed by atoms with van der Waals surface area (Å²) in [5, 5.41) is 2.50. The summed E-state index contributed by atoms with van der Waals surface area (Å²) >= 11 is 0. The first-order chi connectivity index (χ1) is 27.3. The Morgan fingerprint density at radius 1 is 0.418 bits per heavy atom. The number of anilines is 3. The van der Waals surface area contributed by atoms with Gasteiger partial charge in [-0.15, -0.1) is 0 Å². The van der Waals surface area contributed by atoms with Gasteiger partial charge in [0.25, 0.3) is 0 Å². The minimum atomic E-state index is -0.443. The highest BCUT2D eigenvalue weighted by atomic mass is 15.1. The molecule has 0 N–H and O–H groups in total. The summed E-state index contributed by atoms with van der Waals surface area (Å²) < 4.78 is 0. The monoisotopic (exact) mass is 703 g/mol. The summed E-state index contributed by atoms with van der Waals surface area (Å²) in [6, 6.07) is 71.9. The molecule has 1 saturated carbocycles. The highest BCUT2D eigenvalue weighted by Crippen LogP contribution is 2.70. The fourth-order valence-electron chi connectivity index (χ4n) is 12.1. The molecule has 55 heavy (non-hydrogen) atoms. The fourth-order valence-corrected chi connectivity index (χ4v) is 12.1. The van der Waals surface area contributed by atoms with E-state index in [2.05, 4.69) is 193 Å². The molecule has 262 valence electrons. The van der Waals surface area contributed by atoms with Crippen LogP contribution in [-0.4, -0.2) is 0 Å². The van der Waals surface area contributed by atoms with Crippen LogP contribution >= 0.6 is 0 Å². The molecule has 0 radical (unpaired) electrons. The molecule has 0 aliphatic heterocycles. The highest BCUT2D eigenvalue weighted by molar-refractivity contribution is 5.99. The van der Waals surface area contributed by atoms with Gasteiger partial charge in [-0.1, -0.05) is 171 Å². The van der Waals surface area contributed by atoms with E-state index < -0.39 is 5.41 Å².